The van der Waals surface area contributed by atoms with Crippen LogP contribution in [0.2, 0.25) is 0 Å². The molecule has 0 saturated carbocycles. The summed E-state index contributed by atoms with van der Waals surface area (Å²) in [5.41, 5.74) is 1.54. The molecule has 1 aliphatic heterocycles. The molecule has 1 aromatic rings. The number of fused-ring (bicyclic) bond motifs is 1. The number of anilines is 1. The molecule has 0 spiro atoms. The number of hydrogen-bond donors (Lipinski definition) is 0. The van der Waals surface area contributed by atoms with Gasteiger partial charge in [-0.3, -0.25) is 4.90 Å². The lowest BCUT2D eigenvalue weighted by Crippen LogP contribution is -2.50. The quantitative estimate of drug-likeness (QED) is 0.796. The molecule has 0 aromatic heterocycles. The topological polar surface area (TPSA) is 29.5 Å². The predicted octanol–water partition coefficient (Wildman–Crippen LogP) is 3.78. The molecule has 98 valence electrons. The number of cyclic esters (lactones) is 1. The number of rotatable bonds is 2. The summed E-state index contributed by atoms with van der Waals surface area (Å²) in [5, 5.41) is 0. The van der Waals surface area contributed by atoms with E-state index in [4.69, 9.17) is 4.74 Å². The van der Waals surface area contributed by atoms with Gasteiger partial charge in [0.1, 0.15) is 5.60 Å². The fourth-order valence-electron chi connectivity index (χ4n) is 2.99. The third-order valence-corrected chi connectivity index (χ3v) is 3.93. The molecule has 1 aromatic carbocycles. The largest absolute Gasteiger partial charge is 0.437 e. The van der Waals surface area contributed by atoms with E-state index in [9.17, 15) is 4.79 Å². The van der Waals surface area contributed by atoms with Crippen molar-refractivity contribution < 1.29 is 9.53 Å². The van der Waals surface area contributed by atoms with E-state index in [0.29, 0.717) is 0 Å². The molecule has 3 heteroatoms. The van der Waals surface area contributed by atoms with E-state index in [1.807, 2.05) is 18.2 Å². The number of para-hydroxylation sites is 1. The summed E-state index contributed by atoms with van der Waals surface area (Å²) >= 11 is 0. The second-order valence-corrected chi connectivity index (χ2v) is 5.55. The van der Waals surface area contributed by atoms with Crippen molar-refractivity contribution in [1.29, 1.82) is 0 Å². The van der Waals surface area contributed by atoms with Gasteiger partial charge >= 0.3 is 6.09 Å². The smallest absolute Gasteiger partial charge is 0.414 e. The zero-order chi connectivity index (χ0) is 13.5. The fourth-order valence-corrected chi connectivity index (χ4v) is 2.99. The lowest BCUT2D eigenvalue weighted by Gasteiger charge is -2.46. The third-order valence-electron chi connectivity index (χ3n) is 3.93. The summed E-state index contributed by atoms with van der Waals surface area (Å²) < 4.78 is 5.82. The van der Waals surface area contributed by atoms with Crippen LogP contribution in [0, 0.1) is 11.8 Å². The van der Waals surface area contributed by atoms with Gasteiger partial charge in [-0.1, -0.05) is 45.9 Å². The molecule has 2 rings (SSSR count). The molecule has 0 fully saturated rings. The van der Waals surface area contributed by atoms with Gasteiger partial charge in [-0.05, 0) is 17.9 Å². The van der Waals surface area contributed by atoms with Gasteiger partial charge in [-0.2, -0.15) is 0 Å². The number of amides is 1. The standard InChI is InChI=1S/C15H21NO2/c1-10(2)15(11(3)4)12-8-6-7-9-13(12)16(5)14(17)18-15/h6-11H,1-5H3. The maximum Gasteiger partial charge on any atom is 0.414 e. The number of carbonyl (C=O) groups is 1. The van der Waals surface area contributed by atoms with Crippen molar-refractivity contribution in [2.24, 2.45) is 11.8 Å². The minimum absolute atomic E-state index is 0.233. The van der Waals surface area contributed by atoms with Crippen LogP contribution in [0.4, 0.5) is 10.5 Å². The summed E-state index contributed by atoms with van der Waals surface area (Å²) in [6.45, 7) is 8.43. The van der Waals surface area contributed by atoms with Gasteiger partial charge in [-0.25, -0.2) is 4.79 Å². The van der Waals surface area contributed by atoms with Gasteiger partial charge in [0.25, 0.3) is 0 Å². The number of benzene rings is 1. The first kappa shape index (κ1) is 12.9. The van der Waals surface area contributed by atoms with Crippen molar-refractivity contribution in [3.63, 3.8) is 0 Å². The molecule has 0 saturated heterocycles. The van der Waals surface area contributed by atoms with E-state index >= 15 is 0 Å². The van der Waals surface area contributed by atoms with Gasteiger partial charge in [0.05, 0.1) is 5.69 Å². The van der Waals surface area contributed by atoms with Crippen LogP contribution < -0.4 is 4.90 Å². The Labute approximate surface area is 109 Å². The molecular formula is C15H21NO2. The highest BCUT2D eigenvalue weighted by molar-refractivity contribution is 5.91. The Morgan fingerprint density at radius 1 is 1.11 bits per heavy atom. The van der Waals surface area contributed by atoms with Crippen LogP contribution >= 0.6 is 0 Å². The van der Waals surface area contributed by atoms with Crippen LogP contribution in [-0.2, 0) is 10.3 Å². The Morgan fingerprint density at radius 2 is 1.67 bits per heavy atom. The van der Waals surface area contributed by atoms with Crippen molar-refractivity contribution in [3.05, 3.63) is 29.8 Å². The number of nitrogens with zero attached hydrogens (tertiary/aromatic N) is 1. The van der Waals surface area contributed by atoms with E-state index in [1.54, 1.807) is 11.9 Å². The molecule has 0 atom stereocenters. The van der Waals surface area contributed by atoms with E-state index in [-0.39, 0.29) is 17.9 Å². The Balaban J connectivity index is 2.69. The minimum atomic E-state index is -0.528. The molecule has 1 aliphatic rings. The summed E-state index contributed by atoms with van der Waals surface area (Å²) in [6, 6.07) is 8.01. The Bertz CT molecular complexity index is 457. The molecule has 0 bridgehead atoms. The molecule has 0 unspecified atom stereocenters. The van der Waals surface area contributed by atoms with Crippen LogP contribution in [0.1, 0.15) is 33.3 Å². The minimum Gasteiger partial charge on any atom is -0.437 e. The average Bonchev–Trinajstić information content (AvgIpc) is 2.33. The summed E-state index contributed by atoms with van der Waals surface area (Å²) in [7, 11) is 1.76. The maximum absolute atomic E-state index is 12.1. The third kappa shape index (κ3) is 1.61. The summed E-state index contributed by atoms with van der Waals surface area (Å²) in [6.07, 6.45) is -0.267. The molecule has 1 heterocycles. The first-order valence-corrected chi connectivity index (χ1v) is 6.47. The highest BCUT2D eigenvalue weighted by Gasteiger charge is 2.48. The van der Waals surface area contributed by atoms with Gasteiger partial charge in [-0.15, -0.1) is 0 Å². The summed E-state index contributed by atoms with van der Waals surface area (Å²) in [5.74, 6) is 0.465. The van der Waals surface area contributed by atoms with Crippen LogP contribution in [0.25, 0.3) is 0 Å². The highest BCUT2D eigenvalue weighted by Crippen LogP contribution is 2.47. The zero-order valence-corrected chi connectivity index (χ0v) is 11.7. The van der Waals surface area contributed by atoms with Crippen LogP contribution in [0.3, 0.4) is 0 Å². The normalized spacial score (nSPS) is 17.9. The zero-order valence-electron chi connectivity index (χ0n) is 11.7. The molecule has 0 radical (unpaired) electrons. The van der Waals surface area contributed by atoms with E-state index < -0.39 is 5.60 Å². The van der Waals surface area contributed by atoms with Gasteiger partial charge in [0.2, 0.25) is 0 Å². The maximum atomic E-state index is 12.1. The highest BCUT2D eigenvalue weighted by atomic mass is 16.6. The van der Waals surface area contributed by atoms with Gasteiger partial charge in [0, 0.05) is 12.6 Å². The molecule has 0 aliphatic carbocycles. The molecule has 3 nitrogen and oxygen atoms in total. The van der Waals surface area contributed by atoms with Crippen molar-refractivity contribution >= 4 is 11.8 Å². The molecule has 1 amide bonds. The fraction of sp³-hybridized carbons (Fsp3) is 0.533. The summed E-state index contributed by atoms with van der Waals surface area (Å²) in [4.78, 5) is 13.7. The second kappa shape index (κ2) is 4.30. The Kier molecular flexibility index (Phi) is 3.09. The van der Waals surface area contributed by atoms with E-state index in [2.05, 4.69) is 33.8 Å². The van der Waals surface area contributed by atoms with Crippen LogP contribution in [0.5, 0.6) is 0 Å². The Hall–Kier alpha value is -1.51. The van der Waals surface area contributed by atoms with E-state index in [1.165, 1.54) is 0 Å². The van der Waals surface area contributed by atoms with Crippen LogP contribution in [0.15, 0.2) is 24.3 Å². The van der Waals surface area contributed by atoms with Gasteiger partial charge < -0.3 is 4.74 Å². The molecular weight excluding hydrogens is 226 g/mol. The van der Waals surface area contributed by atoms with Crippen molar-refractivity contribution in [2.45, 2.75) is 33.3 Å². The Morgan fingerprint density at radius 3 is 2.22 bits per heavy atom. The molecule has 18 heavy (non-hydrogen) atoms. The molecule has 0 N–H and O–H groups in total. The monoisotopic (exact) mass is 247 g/mol. The number of ether oxygens (including phenoxy) is 1. The van der Waals surface area contributed by atoms with Gasteiger partial charge in [0.15, 0.2) is 0 Å². The van der Waals surface area contributed by atoms with Crippen molar-refractivity contribution in [3.8, 4) is 0 Å². The van der Waals surface area contributed by atoms with Crippen LogP contribution in [-0.4, -0.2) is 13.1 Å². The SMILES string of the molecule is CC(C)C1(C(C)C)OC(=O)N(C)c2ccccc21. The van der Waals surface area contributed by atoms with Crippen molar-refractivity contribution in [1.82, 2.24) is 0 Å². The number of hydrogen-bond acceptors (Lipinski definition) is 2. The van der Waals surface area contributed by atoms with Crippen molar-refractivity contribution in [2.75, 3.05) is 11.9 Å². The van der Waals surface area contributed by atoms with E-state index in [0.717, 1.165) is 11.3 Å². The lowest BCUT2D eigenvalue weighted by atomic mass is 9.73. The number of carbonyl (C=O) groups excluding carboxylic acids is 1. The first-order chi connectivity index (χ1) is 8.41. The average molecular weight is 247 g/mol. The first-order valence-electron chi connectivity index (χ1n) is 6.47. The lowest BCUT2D eigenvalue weighted by molar-refractivity contribution is -0.0665. The second-order valence-electron chi connectivity index (χ2n) is 5.55. The predicted molar refractivity (Wildman–Crippen MR) is 72.7 cm³/mol.